The highest BCUT2D eigenvalue weighted by atomic mass is 127. The molecule has 3 rings (SSSR count). The Labute approximate surface area is 127 Å². The molecule has 0 N–H and O–H groups in total. The molecule has 0 bridgehead atoms. The van der Waals surface area contributed by atoms with Gasteiger partial charge >= 0.3 is 0 Å². The maximum Gasteiger partial charge on any atom is 0.283 e. The van der Waals surface area contributed by atoms with E-state index in [1.807, 2.05) is 0 Å². The van der Waals surface area contributed by atoms with Crippen molar-refractivity contribution < 1.29 is 9.59 Å². The van der Waals surface area contributed by atoms with Crippen LogP contribution in [0.25, 0.3) is 11.0 Å². The highest BCUT2D eigenvalue weighted by Crippen LogP contribution is 2.11. The summed E-state index contributed by atoms with van der Waals surface area (Å²) in [5, 5.41) is -0.950. The second-order valence-corrected chi connectivity index (χ2v) is 5.10. The van der Waals surface area contributed by atoms with Crippen LogP contribution in [0.4, 0.5) is 0 Å². The van der Waals surface area contributed by atoms with E-state index in [9.17, 15) is 19.2 Å². The quantitative estimate of drug-likeness (QED) is 0.443. The van der Waals surface area contributed by atoms with Gasteiger partial charge in [-0.3, -0.25) is 28.0 Å². The molecule has 0 aliphatic heterocycles. The van der Waals surface area contributed by atoms with Crippen molar-refractivity contribution >= 4 is 54.3 Å². The number of halogens is 2. The molecule has 0 saturated carbocycles. The molecule has 3 aromatic heterocycles. The maximum absolute atomic E-state index is 12.3. The number of nitrogens with zero attached hydrogens (tertiary/aromatic N) is 4. The number of imidazole rings is 2. The van der Waals surface area contributed by atoms with Gasteiger partial charge in [0.1, 0.15) is 29.4 Å². The Bertz CT molecular complexity index is 926. The Morgan fingerprint density at radius 2 is 1.45 bits per heavy atom. The molecule has 0 atom stereocenters. The summed E-state index contributed by atoms with van der Waals surface area (Å²) in [6.07, 6.45) is 2.07. The first-order valence-corrected chi connectivity index (χ1v) is 6.53. The third-order valence-electron chi connectivity index (χ3n) is 2.75. The van der Waals surface area contributed by atoms with E-state index in [2.05, 4.69) is 9.97 Å². The number of carbonyl (C=O) groups excluding carboxylic acids is 2. The molecule has 10 heteroatoms. The minimum absolute atomic E-state index is 0.123. The van der Waals surface area contributed by atoms with Gasteiger partial charge in [-0.1, -0.05) is 0 Å². The normalized spacial score (nSPS) is 11.3. The smallest absolute Gasteiger partial charge is 0.280 e. The summed E-state index contributed by atoms with van der Waals surface area (Å²) >= 11 is 6.78. The van der Waals surface area contributed by atoms with Crippen molar-refractivity contribution in [2.45, 2.75) is 0 Å². The largest absolute Gasteiger partial charge is 0.283 e. The number of aromatic nitrogens is 4. The van der Waals surface area contributed by atoms with Crippen molar-refractivity contribution in [2.75, 3.05) is 0 Å². The summed E-state index contributed by atoms with van der Waals surface area (Å²) in [7, 11) is 0. The molecule has 100 valence electrons. The van der Waals surface area contributed by atoms with Gasteiger partial charge in [0, 0.05) is 22.6 Å². The zero-order chi connectivity index (χ0) is 14.6. The molecule has 0 spiro atoms. The molecular formula is C10H2ClIN4O4. The highest BCUT2D eigenvalue weighted by molar-refractivity contribution is 14.1. The number of fused-ring (bicyclic) bond motifs is 2. The lowest BCUT2D eigenvalue weighted by Gasteiger charge is -1.96. The van der Waals surface area contributed by atoms with Crippen LogP contribution in [-0.2, 0) is 0 Å². The van der Waals surface area contributed by atoms with Crippen LogP contribution in [0.2, 0.25) is 0 Å². The van der Waals surface area contributed by atoms with E-state index in [1.165, 1.54) is 22.6 Å². The molecule has 0 amide bonds. The minimum atomic E-state index is -0.950. The van der Waals surface area contributed by atoms with Crippen molar-refractivity contribution in [1.82, 2.24) is 18.8 Å². The van der Waals surface area contributed by atoms with Gasteiger partial charge in [-0.05, 0) is 11.6 Å². The van der Waals surface area contributed by atoms with Crippen LogP contribution in [0.5, 0.6) is 0 Å². The zero-order valence-corrected chi connectivity index (χ0v) is 12.2. The molecule has 8 nitrogen and oxygen atoms in total. The number of rotatable bonds is 2. The summed E-state index contributed by atoms with van der Waals surface area (Å²) < 4.78 is 1.32. The molecule has 0 aliphatic carbocycles. The van der Waals surface area contributed by atoms with Gasteiger partial charge in [0.25, 0.3) is 16.4 Å². The van der Waals surface area contributed by atoms with Gasteiger partial charge in [0.2, 0.25) is 3.79 Å². The number of hydrogen-bond acceptors (Lipinski definition) is 6. The molecule has 3 aromatic rings. The van der Waals surface area contributed by atoms with E-state index in [1.54, 1.807) is 0 Å². The Morgan fingerprint density at radius 3 is 1.90 bits per heavy atom. The fraction of sp³-hybridized carbons (Fsp3) is 0. The fourth-order valence-corrected chi connectivity index (χ4v) is 2.46. The van der Waals surface area contributed by atoms with E-state index in [0.29, 0.717) is 0 Å². The van der Waals surface area contributed by atoms with Crippen LogP contribution in [0.15, 0.2) is 22.2 Å². The van der Waals surface area contributed by atoms with Crippen LogP contribution in [0, 0.1) is 0 Å². The van der Waals surface area contributed by atoms with Gasteiger partial charge in [0.05, 0.1) is 0 Å². The van der Waals surface area contributed by atoms with E-state index in [-0.39, 0.29) is 22.4 Å². The molecule has 3 heterocycles. The standard InChI is InChI=1S/C10H2ClIN4O4/c11-7(17)3-5-9(19)16-2-14-4(8(12)18)6(16)10(20)15(5)1-13-3/h1-2H. The third-order valence-corrected chi connectivity index (χ3v) is 3.44. The zero-order valence-electron chi connectivity index (χ0n) is 9.33. The first-order valence-electron chi connectivity index (χ1n) is 5.07. The summed E-state index contributed by atoms with van der Waals surface area (Å²) in [5.74, 6) is 0. The molecule has 0 saturated heterocycles. The third kappa shape index (κ3) is 1.59. The first kappa shape index (κ1) is 13.1. The second kappa shape index (κ2) is 4.31. The molecule has 20 heavy (non-hydrogen) atoms. The Balaban J connectivity index is 2.65. The topological polar surface area (TPSA) is 103 Å². The maximum atomic E-state index is 12.3. The molecule has 0 unspecified atom stereocenters. The van der Waals surface area contributed by atoms with Gasteiger partial charge in [-0.15, -0.1) is 0 Å². The molecule has 0 radical (unpaired) electrons. The molecular weight excluding hydrogens is 402 g/mol. The van der Waals surface area contributed by atoms with Crippen LogP contribution in [0.3, 0.4) is 0 Å². The predicted molar refractivity (Wildman–Crippen MR) is 76.2 cm³/mol. The fourth-order valence-electron chi connectivity index (χ4n) is 1.93. The Morgan fingerprint density at radius 1 is 1.00 bits per heavy atom. The van der Waals surface area contributed by atoms with Gasteiger partial charge < -0.3 is 0 Å². The SMILES string of the molecule is O=C(Cl)c1ncn2c(=O)c3c(C(=O)I)ncn3c(=O)c12. The number of carbonyl (C=O) groups is 2. The van der Waals surface area contributed by atoms with Crippen molar-refractivity contribution in [3.05, 3.63) is 44.8 Å². The Kier molecular flexibility index (Phi) is 2.83. The Hall–Kier alpha value is -1.88. The average molecular weight is 405 g/mol. The molecule has 0 fully saturated rings. The van der Waals surface area contributed by atoms with E-state index in [4.69, 9.17) is 11.6 Å². The molecule has 0 aromatic carbocycles. The lowest BCUT2D eigenvalue weighted by atomic mass is 10.3. The predicted octanol–water partition coefficient (Wildman–Crippen LogP) is 0.0944. The van der Waals surface area contributed by atoms with Crippen LogP contribution in [-0.4, -0.2) is 27.8 Å². The van der Waals surface area contributed by atoms with E-state index in [0.717, 1.165) is 21.5 Å². The second-order valence-electron chi connectivity index (χ2n) is 3.78. The summed E-state index contributed by atoms with van der Waals surface area (Å²) in [4.78, 5) is 54.5. The molecule has 0 aliphatic rings. The number of hydrogen-bond donors (Lipinski definition) is 0. The summed E-state index contributed by atoms with van der Waals surface area (Å²) in [5.41, 5.74) is -2.21. The highest BCUT2D eigenvalue weighted by Gasteiger charge is 2.22. The summed E-state index contributed by atoms with van der Waals surface area (Å²) in [6.45, 7) is 0. The minimum Gasteiger partial charge on any atom is -0.280 e. The first-order chi connectivity index (χ1) is 9.43. The van der Waals surface area contributed by atoms with Crippen molar-refractivity contribution in [1.29, 1.82) is 0 Å². The van der Waals surface area contributed by atoms with Crippen molar-refractivity contribution in [2.24, 2.45) is 0 Å². The van der Waals surface area contributed by atoms with Crippen molar-refractivity contribution in [3.8, 4) is 0 Å². The van der Waals surface area contributed by atoms with Crippen LogP contribution >= 0.6 is 34.2 Å². The van der Waals surface area contributed by atoms with Gasteiger partial charge in [0.15, 0.2) is 5.69 Å². The van der Waals surface area contributed by atoms with Crippen molar-refractivity contribution in [3.63, 3.8) is 0 Å². The van der Waals surface area contributed by atoms with Crippen LogP contribution in [0.1, 0.15) is 21.0 Å². The van der Waals surface area contributed by atoms with E-state index >= 15 is 0 Å². The van der Waals surface area contributed by atoms with Gasteiger partial charge in [-0.2, -0.15) is 0 Å². The lowest BCUT2D eigenvalue weighted by molar-refractivity contribution is 0.107. The van der Waals surface area contributed by atoms with Crippen LogP contribution < -0.4 is 11.1 Å². The van der Waals surface area contributed by atoms with Gasteiger partial charge in [-0.25, -0.2) is 9.97 Å². The van der Waals surface area contributed by atoms with E-state index < -0.39 is 20.2 Å². The monoisotopic (exact) mass is 404 g/mol. The summed E-state index contributed by atoms with van der Waals surface area (Å²) in [6, 6.07) is 0. The average Bonchev–Trinajstić information content (AvgIpc) is 3.00. The lowest BCUT2D eigenvalue weighted by Crippen LogP contribution is -2.26.